The van der Waals surface area contributed by atoms with Gasteiger partial charge in [-0.1, -0.05) is 18.2 Å². The number of aryl methyl sites for hydroxylation is 1. The maximum Gasteiger partial charge on any atom is 0.0455 e. The third kappa shape index (κ3) is 3.35. The maximum absolute atomic E-state index is 3.74. The second kappa shape index (κ2) is 6.71. The van der Waals surface area contributed by atoms with Crippen LogP contribution in [-0.2, 0) is 6.54 Å². The highest BCUT2D eigenvalue weighted by atomic mass is 32.2. The van der Waals surface area contributed by atoms with E-state index in [-0.39, 0.29) is 0 Å². The molecule has 1 N–H and O–H groups in total. The molecule has 1 aliphatic heterocycles. The third-order valence-electron chi connectivity index (χ3n) is 4.29. The molecule has 2 aromatic rings. The Bertz CT molecular complexity index is 583. The highest BCUT2D eigenvalue weighted by molar-refractivity contribution is 7.99. The van der Waals surface area contributed by atoms with Gasteiger partial charge in [0, 0.05) is 35.4 Å². The molecular weight excluding hydrogens is 276 g/mol. The van der Waals surface area contributed by atoms with Gasteiger partial charge in [-0.25, -0.2) is 0 Å². The van der Waals surface area contributed by atoms with Crippen molar-refractivity contribution in [2.24, 2.45) is 0 Å². The number of para-hydroxylation sites is 1. The highest BCUT2D eigenvalue weighted by Gasteiger charge is 2.15. The van der Waals surface area contributed by atoms with E-state index in [0.717, 1.165) is 6.54 Å². The lowest BCUT2D eigenvalue weighted by molar-refractivity contribution is 0.507. The number of nitrogens with one attached hydrogen (secondary N) is 1. The Morgan fingerprint density at radius 3 is 2.76 bits per heavy atom. The van der Waals surface area contributed by atoms with Crippen LogP contribution in [0.1, 0.15) is 29.8 Å². The second-order valence-corrected chi connectivity index (χ2v) is 7.01. The molecule has 3 heteroatoms. The summed E-state index contributed by atoms with van der Waals surface area (Å²) in [5.74, 6) is 2.60. The Hall–Kier alpha value is -1.19. The minimum atomic E-state index is 0.684. The molecule has 2 nitrogen and oxygen atoms in total. The SMILES string of the molecule is Cc1cc(CNC2CCCSC2)c(C)n1-c1ccccc1. The molecule has 2 heterocycles. The smallest absolute Gasteiger partial charge is 0.0455 e. The monoisotopic (exact) mass is 300 g/mol. The van der Waals surface area contributed by atoms with E-state index in [9.17, 15) is 0 Å². The minimum absolute atomic E-state index is 0.684. The minimum Gasteiger partial charge on any atom is -0.318 e. The zero-order valence-electron chi connectivity index (χ0n) is 12.9. The molecule has 0 spiro atoms. The molecule has 1 atom stereocenters. The van der Waals surface area contributed by atoms with Gasteiger partial charge in [0.2, 0.25) is 0 Å². The lowest BCUT2D eigenvalue weighted by atomic mass is 10.1. The Kier molecular flexibility index (Phi) is 4.71. The summed E-state index contributed by atoms with van der Waals surface area (Å²) in [4.78, 5) is 0. The summed E-state index contributed by atoms with van der Waals surface area (Å²) in [5.41, 5.74) is 5.35. The Morgan fingerprint density at radius 1 is 1.24 bits per heavy atom. The number of hydrogen-bond acceptors (Lipinski definition) is 2. The maximum atomic E-state index is 3.74. The summed E-state index contributed by atoms with van der Waals surface area (Å²) >= 11 is 2.08. The van der Waals surface area contributed by atoms with Gasteiger partial charge in [0.25, 0.3) is 0 Å². The summed E-state index contributed by atoms with van der Waals surface area (Å²) in [5, 5.41) is 3.74. The van der Waals surface area contributed by atoms with Crippen LogP contribution >= 0.6 is 11.8 Å². The van der Waals surface area contributed by atoms with Crippen LogP contribution < -0.4 is 5.32 Å². The molecule has 1 aliphatic rings. The number of aromatic nitrogens is 1. The van der Waals surface area contributed by atoms with Crippen molar-refractivity contribution in [3.05, 3.63) is 53.3 Å². The summed E-state index contributed by atoms with van der Waals surface area (Å²) in [6.07, 6.45) is 2.68. The van der Waals surface area contributed by atoms with Gasteiger partial charge in [-0.05, 0) is 56.2 Å². The fourth-order valence-electron chi connectivity index (χ4n) is 3.14. The molecule has 21 heavy (non-hydrogen) atoms. The van der Waals surface area contributed by atoms with Gasteiger partial charge in [-0.3, -0.25) is 0 Å². The molecule has 1 aromatic carbocycles. The van der Waals surface area contributed by atoms with Crippen molar-refractivity contribution in [2.45, 2.75) is 39.3 Å². The van der Waals surface area contributed by atoms with E-state index in [1.165, 1.54) is 47.0 Å². The third-order valence-corrected chi connectivity index (χ3v) is 5.51. The van der Waals surface area contributed by atoms with Crippen LogP contribution in [0.25, 0.3) is 5.69 Å². The molecule has 112 valence electrons. The summed E-state index contributed by atoms with van der Waals surface area (Å²) in [6, 6.07) is 13.6. The van der Waals surface area contributed by atoms with Crippen LogP contribution in [0.3, 0.4) is 0 Å². The fourth-order valence-corrected chi connectivity index (χ4v) is 4.25. The predicted octanol–water partition coefficient (Wildman–Crippen LogP) is 4.08. The largest absolute Gasteiger partial charge is 0.318 e. The van der Waals surface area contributed by atoms with Gasteiger partial charge in [0.15, 0.2) is 0 Å². The standard InChI is InChI=1S/C18H24N2S/c1-14-11-16(12-19-17-7-6-10-21-13-17)15(2)20(14)18-8-4-3-5-9-18/h3-5,8-9,11,17,19H,6-7,10,12-13H2,1-2H3. The Balaban J connectivity index is 1.75. The Labute approximate surface area is 131 Å². The van der Waals surface area contributed by atoms with Gasteiger partial charge in [0.1, 0.15) is 0 Å². The van der Waals surface area contributed by atoms with Crippen molar-refractivity contribution >= 4 is 11.8 Å². The van der Waals surface area contributed by atoms with Crippen LogP contribution in [0.5, 0.6) is 0 Å². The average Bonchev–Trinajstić information content (AvgIpc) is 2.81. The first kappa shape index (κ1) is 14.7. The first-order valence-corrected chi connectivity index (χ1v) is 8.95. The van der Waals surface area contributed by atoms with Gasteiger partial charge in [0.05, 0.1) is 0 Å². The molecule has 0 bridgehead atoms. The molecule has 1 saturated heterocycles. The first-order valence-electron chi connectivity index (χ1n) is 7.80. The number of nitrogens with zero attached hydrogens (tertiary/aromatic N) is 1. The zero-order valence-corrected chi connectivity index (χ0v) is 13.7. The zero-order chi connectivity index (χ0) is 14.7. The first-order chi connectivity index (χ1) is 10.3. The van der Waals surface area contributed by atoms with Crippen molar-refractivity contribution < 1.29 is 0 Å². The van der Waals surface area contributed by atoms with E-state index in [2.05, 4.69) is 71.9 Å². The van der Waals surface area contributed by atoms with Crippen molar-refractivity contribution in [3.8, 4) is 5.69 Å². The average molecular weight is 300 g/mol. The molecule has 0 amide bonds. The second-order valence-electron chi connectivity index (χ2n) is 5.86. The van der Waals surface area contributed by atoms with Gasteiger partial charge in [-0.2, -0.15) is 11.8 Å². The fraction of sp³-hybridized carbons (Fsp3) is 0.444. The molecule has 0 saturated carbocycles. The van der Waals surface area contributed by atoms with E-state index >= 15 is 0 Å². The molecule has 1 fully saturated rings. The van der Waals surface area contributed by atoms with Crippen LogP contribution in [0.4, 0.5) is 0 Å². The van der Waals surface area contributed by atoms with E-state index < -0.39 is 0 Å². The predicted molar refractivity (Wildman–Crippen MR) is 92.4 cm³/mol. The van der Waals surface area contributed by atoms with E-state index in [4.69, 9.17) is 0 Å². The van der Waals surface area contributed by atoms with Crippen molar-refractivity contribution in [3.63, 3.8) is 0 Å². The van der Waals surface area contributed by atoms with E-state index in [0.29, 0.717) is 6.04 Å². The van der Waals surface area contributed by atoms with E-state index in [1.54, 1.807) is 0 Å². The summed E-state index contributed by atoms with van der Waals surface area (Å²) < 4.78 is 2.35. The number of thioether (sulfide) groups is 1. The number of rotatable bonds is 4. The number of hydrogen-bond donors (Lipinski definition) is 1. The van der Waals surface area contributed by atoms with Crippen LogP contribution in [0.2, 0.25) is 0 Å². The van der Waals surface area contributed by atoms with E-state index in [1.807, 2.05) is 0 Å². The number of benzene rings is 1. The Morgan fingerprint density at radius 2 is 2.05 bits per heavy atom. The normalized spacial score (nSPS) is 18.9. The summed E-state index contributed by atoms with van der Waals surface area (Å²) in [6.45, 7) is 5.41. The van der Waals surface area contributed by atoms with Crippen molar-refractivity contribution in [1.82, 2.24) is 9.88 Å². The van der Waals surface area contributed by atoms with Gasteiger partial charge < -0.3 is 9.88 Å². The molecule has 0 aliphatic carbocycles. The molecule has 0 radical (unpaired) electrons. The van der Waals surface area contributed by atoms with Gasteiger partial charge in [-0.15, -0.1) is 0 Å². The lowest BCUT2D eigenvalue weighted by Gasteiger charge is -2.22. The van der Waals surface area contributed by atoms with Crippen LogP contribution in [0.15, 0.2) is 36.4 Å². The van der Waals surface area contributed by atoms with Gasteiger partial charge >= 0.3 is 0 Å². The molecule has 1 unspecified atom stereocenters. The van der Waals surface area contributed by atoms with Crippen LogP contribution in [-0.4, -0.2) is 22.1 Å². The highest BCUT2D eigenvalue weighted by Crippen LogP contribution is 2.22. The topological polar surface area (TPSA) is 17.0 Å². The summed E-state index contributed by atoms with van der Waals surface area (Å²) in [7, 11) is 0. The quantitative estimate of drug-likeness (QED) is 0.916. The molecular formula is C18H24N2S. The van der Waals surface area contributed by atoms with Crippen molar-refractivity contribution in [2.75, 3.05) is 11.5 Å². The molecule has 1 aromatic heterocycles. The van der Waals surface area contributed by atoms with Crippen LogP contribution in [0, 0.1) is 13.8 Å². The van der Waals surface area contributed by atoms with Crippen molar-refractivity contribution in [1.29, 1.82) is 0 Å². The molecule has 3 rings (SSSR count). The lowest BCUT2D eigenvalue weighted by Crippen LogP contribution is -2.33.